The number of piperazine rings is 1. The van der Waals surface area contributed by atoms with Gasteiger partial charge in [0.2, 0.25) is 0 Å². The average molecular weight is 378 g/mol. The van der Waals surface area contributed by atoms with Crippen molar-refractivity contribution in [3.63, 3.8) is 0 Å². The van der Waals surface area contributed by atoms with Crippen molar-refractivity contribution in [2.24, 2.45) is 0 Å². The van der Waals surface area contributed by atoms with Crippen LogP contribution in [0.5, 0.6) is 0 Å². The van der Waals surface area contributed by atoms with E-state index in [2.05, 4.69) is 58.6 Å². The van der Waals surface area contributed by atoms with Gasteiger partial charge in [-0.2, -0.15) is 0 Å². The molecule has 4 heteroatoms. The number of carbonyl (C=O) groups is 1. The number of benzene rings is 2. The summed E-state index contributed by atoms with van der Waals surface area (Å²) in [5.74, 6) is 0.0258. The highest BCUT2D eigenvalue weighted by Crippen LogP contribution is 2.22. The van der Waals surface area contributed by atoms with Gasteiger partial charge in [0.15, 0.2) is 0 Å². The number of aryl methyl sites for hydroxylation is 2. The Bertz CT molecular complexity index is 824. The third-order valence-corrected chi connectivity index (χ3v) is 6.06. The van der Waals surface area contributed by atoms with Crippen LogP contribution < -0.4 is 5.32 Å². The maximum Gasteiger partial charge on any atom is 0.251 e. The van der Waals surface area contributed by atoms with Crippen molar-refractivity contribution in [1.82, 2.24) is 15.1 Å². The Kier molecular flexibility index (Phi) is 6.08. The molecule has 4 rings (SSSR count). The summed E-state index contributed by atoms with van der Waals surface area (Å²) in [5, 5.41) is 3.10. The van der Waals surface area contributed by atoms with Crippen molar-refractivity contribution in [3.05, 3.63) is 70.3 Å². The van der Waals surface area contributed by atoms with Gasteiger partial charge >= 0.3 is 0 Å². The van der Waals surface area contributed by atoms with Gasteiger partial charge in [-0.15, -0.1) is 0 Å². The number of nitrogens with zero attached hydrogens (tertiary/aromatic N) is 2. The fourth-order valence-corrected chi connectivity index (χ4v) is 4.26. The molecule has 0 saturated carbocycles. The number of hydrogen-bond donors (Lipinski definition) is 1. The number of hydrogen-bond acceptors (Lipinski definition) is 3. The molecule has 1 aliphatic heterocycles. The van der Waals surface area contributed by atoms with Crippen molar-refractivity contribution in [2.45, 2.75) is 38.8 Å². The molecule has 28 heavy (non-hydrogen) atoms. The van der Waals surface area contributed by atoms with Crippen LogP contribution in [0.2, 0.25) is 0 Å². The quantitative estimate of drug-likeness (QED) is 0.869. The van der Waals surface area contributed by atoms with Crippen LogP contribution in [-0.4, -0.2) is 48.9 Å². The van der Waals surface area contributed by atoms with Crippen LogP contribution in [0.4, 0.5) is 0 Å². The van der Waals surface area contributed by atoms with E-state index in [0.29, 0.717) is 6.54 Å². The lowest BCUT2D eigenvalue weighted by molar-refractivity contribution is 0.0950. The van der Waals surface area contributed by atoms with Crippen LogP contribution in [0.15, 0.2) is 42.5 Å². The number of fused-ring (bicyclic) bond motifs is 1. The molecule has 2 aromatic carbocycles. The van der Waals surface area contributed by atoms with Gasteiger partial charge in [-0.1, -0.05) is 30.3 Å². The van der Waals surface area contributed by atoms with Crippen molar-refractivity contribution in [2.75, 3.05) is 33.2 Å². The van der Waals surface area contributed by atoms with E-state index in [1.165, 1.54) is 29.5 Å². The molecule has 1 saturated heterocycles. The van der Waals surface area contributed by atoms with E-state index in [0.717, 1.165) is 56.7 Å². The Labute approximate surface area is 168 Å². The Morgan fingerprint density at radius 3 is 2.50 bits per heavy atom. The zero-order valence-corrected chi connectivity index (χ0v) is 16.9. The molecule has 1 N–H and O–H groups in total. The van der Waals surface area contributed by atoms with E-state index in [1.807, 2.05) is 6.07 Å². The lowest BCUT2D eigenvalue weighted by Gasteiger charge is -2.32. The van der Waals surface area contributed by atoms with E-state index in [9.17, 15) is 4.79 Å². The molecule has 2 aliphatic rings. The van der Waals surface area contributed by atoms with Gasteiger partial charge in [0.1, 0.15) is 0 Å². The Morgan fingerprint density at radius 1 is 0.929 bits per heavy atom. The maximum absolute atomic E-state index is 12.6. The van der Waals surface area contributed by atoms with E-state index >= 15 is 0 Å². The first kappa shape index (κ1) is 19.2. The highest BCUT2D eigenvalue weighted by molar-refractivity contribution is 5.94. The second-order valence-electron chi connectivity index (χ2n) is 8.27. The van der Waals surface area contributed by atoms with Crippen molar-refractivity contribution in [3.8, 4) is 0 Å². The fourth-order valence-electron chi connectivity index (χ4n) is 4.26. The summed E-state index contributed by atoms with van der Waals surface area (Å²) in [7, 11) is 2.18. The van der Waals surface area contributed by atoms with Crippen LogP contribution in [0.25, 0.3) is 0 Å². The second kappa shape index (κ2) is 8.89. The molecule has 0 atom stereocenters. The molecule has 0 spiro atoms. The highest BCUT2D eigenvalue weighted by Gasteiger charge is 2.15. The Morgan fingerprint density at radius 2 is 1.68 bits per heavy atom. The fraction of sp³-hybridized carbons (Fsp3) is 0.458. The lowest BCUT2D eigenvalue weighted by atomic mass is 9.90. The van der Waals surface area contributed by atoms with Crippen molar-refractivity contribution >= 4 is 5.91 Å². The van der Waals surface area contributed by atoms with Gasteiger partial charge < -0.3 is 10.2 Å². The summed E-state index contributed by atoms with van der Waals surface area (Å²) in [6, 6.07) is 14.8. The van der Waals surface area contributed by atoms with Gasteiger partial charge in [-0.3, -0.25) is 9.69 Å². The molecule has 1 aliphatic carbocycles. The first-order chi connectivity index (χ1) is 13.7. The predicted octanol–water partition coefficient (Wildman–Crippen LogP) is 3.24. The van der Waals surface area contributed by atoms with Gasteiger partial charge in [0.05, 0.1) is 0 Å². The molecular formula is C24H31N3O. The molecule has 0 aromatic heterocycles. The summed E-state index contributed by atoms with van der Waals surface area (Å²) in [4.78, 5) is 17.5. The second-order valence-corrected chi connectivity index (χ2v) is 8.27. The van der Waals surface area contributed by atoms with E-state index in [1.54, 1.807) is 0 Å². The molecule has 1 fully saturated rings. The van der Waals surface area contributed by atoms with Crippen LogP contribution in [0.1, 0.15) is 45.5 Å². The monoisotopic (exact) mass is 377 g/mol. The van der Waals surface area contributed by atoms with Crippen LogP contribution >= 0.6 is 0 Å². The standard InChI is InChI=1S/C24H31N3O/c1-26-11-13-27(14-12-26)18-20-6-4-5-19(15-20)17-25-24(28)23-10-9-21-7-2-3-8-22(21)16-23/h4-6,9-10,15-16H,2-3,7-8,11-14,17-18H2,1H3,(H,25,28). The SMILES string of the molecule is CN1CCN(Cc2cccc(CNC(=O)c3ccc4c(c3)CCCC4)c2)CC1. The molecule has 0 bridgehead atoms. The third kappa shape index (κ3) is 4.81. The average Bonchev–Trinajstić information content (AvgIpc) is 2.73. The first-order valence-electron chi connectivity index (χ1n) is 10.6. The summed E-state index contributed by atoms with van der Waals surface area (Å²) in [5.41, 5.74) is 6.05. The normalized spacial score (nSPS) is 17.9. The van der Waals surface area contributed by atoms with Gasteiger partial charge in [-0.25, -0.2) is 0 Å². The molecule has 4 nitrogen and oxygen atoms in total. The molecular weight excluding hydrogens is 346 g/mol. The Balaban J connectivity index is 1.34. The minimum atomic E-state index is 0.0258. The van der Waals surface area contributed by atoms with E-state index in [-0.39, 0.29) is 5.91 Å². The van der Waals surface area contributed by atoms with Crippen molar-refractivity contribution < 1.29 is 4.79 Å². The number of rotatable bonds is 5. The minimum absolute atomic E-state index is 0.0258. The van der Waals surface area contributed by atoms with Gasteiger partial charge in [-0.05, 0) is 67.1 Å². The van der Waals surface area contributed by atoms with E-state index < -0.39 is 0 Å². The van der Waals surface area contributed by atoms with E-state index in [4.69, 9.17) is 0 Å². The lowest BCUT2D eigenvalue weighted by Crippen LogP contribution is -2.43. The Hall–Kier alpha value is -2.17. The number of carbonyl (C=O) groups excluding carboxylic acids is 1. The molecule has 0 radical (unpaired) electrons. The molecule has 2 aromatic rings. The molecule has 1 amide bonds. The van der Waals surface area contributed by atoms with Crippen LogP contribution in [0.3, 0.4) is 0 Å². The van der Waals surface area contributed by atoms with Gasteiger partial charge in [0.25, 0.3) is 5.91 Å². The highest BCUT2D eigenvalue weighted by atomic mass is 16.1. The summed E-state index contributed by atoms with van der Waals surface area (Å²) >= 11 is 0. The summed E-state index contributed by atoms with van der Waals surface area (Å²) in [6.45, 7) is 6.07. The summed E-state index contributed by atoms with van der Waals surface area (Å²) in [6.07, 6.45) is 4.75. The maximum atomic E-state index is 12.6. The zero-order chi connectivity index (χ0) is 19.3. The minimum Gasteiger partial charge on any atom is -0.348 e. The molecule has 148 valence electrons. The topological polar surface area (TPSA) is 35.6 Å². The zero-order valence-electron chi connectivity index (χ0n) is 16.9. The number of likely N-dealkylation sites (N-methyl/N-ethyl adjacent to an activating group) is 1. The third-order valence-electron chi connectivity index (χ3n) is 6.06. The largest absolute Gasteiger partial charge is 0.348 e. The summed E-state index contributed by atoms with van der Waals surface area (Å²) < 4.78 is 0. The molecule has 1 heterocycles. The van der Waals surface area contributed by atoms with Gasteiger partial charge in [0, 0.05) is 44.8 Å². The number of amides is 1. The van der Waals surface area contributed by atoms with Crippen molar-refractivity contribution in [1.29, 1.82) is 0 Å². The van der Waals surface area contributed by atoms with Crippen LogP contribution in [0, 0.1) is 0 Å². The van der Waals surface area contributed by atoms with Crippen LogP contribution in [-0.2, 0) is 25.9 Å². The number of nitrogens with one attached hydrogen (secondary N) is 1. The smallest absolute Gasteiger partial charge is 0.251 e. The molecule has 0 unspecified atom stereocenters. The predicted molar refractivity (Wildman–Crippen MR) is 113 cm³/mol. The first-order valence-corrected chi connectivity index (χ1v) is 10.6.